The predicted molar refractivity (Wildman–Crippen MR) is 93.2 cm³/mol. The van der Waals surface area contributed by atoms with E-state index in [0.29, 0.717) is 18.6 Å². The van der Waals surface area contributed by atoms with Crippen LogP contribution >= 0.6 is 0 Å². The molecule has 0 aromatic heterocycles. The average molecular weight is 322 g/mol. The molecular weight excluding hydrogens is 300 g/mol. The van der Waals surface area contributed by atoms with Gasteiger partial charge in [0.2, 0.25) is 0 Å². The zero-order chi connectivity index (χ0) is 16.4. The molecule has 2 N–H and O–H groups in total. The van der Waals surface area contributed by atoms with Crippen LogP contribution in [-0.2, 0) is 6.61 Å². The Morgan fingerprint density at radius 3 is 2.96 bits per heavy atom. The molecule has 0 amide bonds. The summed E-state index contributed by atoms with van der Waals surface area (Å²) in [5.74, 6) is 2.42. The first kappa shape index (κ1) is 15.1. The van der Waals surface area contributed by atoms with E-state index in [-0.39, 0.29) is 0 Å². The summed E-state index contributed by atoms with van der Waals surface area (Å²) in [6, 6.07) is 12.4. The van der Waals surface area contributed by atoms with Crippen molar-refractivity contribution in [3.05, 3.63) is 54.1 Å². The fraction of sp³-hybridized carbons (Fsp3) is 0.368. The number of fused-ring (bicyclic) bond motifs is 1. The van der Waals surface area contributed by atoms with E-state index in [0.717, 1.165) is 48.0 Å². The number of aromatic nitrogens is 3. The van der Waals surface area contributed by atoms with Crippen molar-refractivity contribution in [1.29, 1.82) is 0 Å². The van der Waals surface area contributed by atoms with Crippen molar-refractivity contribution in [2.75, 3.05) is 6.54 Å². The van der Waals surface area contributed by atoms with Gasteiger partial charge >= 0.3 is 0 Å². The van der Waals surface area contributed by atoms with Gasteiger partial charge in [0.25, 0.3) is 0 Å². The molecule has 0 radical (unpaired) electrons. The number of aromatic amines is 1. The Bertz CT molecular complexity index is 770. The minimum atomic E-state index is 0.465. The number of hydrogen-bond donors (Lipinski definition) is 2. The lowest BCUT2D eigenvalue weighted by Crippen LogP contribution is -2.35. The van der Waals surface area contributed by atoms with Crippen molar-refractivity contribution < 1.29 is 4.74 Å². The molecule has 3 heterocycles. The Morgan fingerprint density at radius 2 is 2.12 bits per heavy atom. The number of benzene rings is 1. The molecule has 1 saturated heterocycles. The first-order valence-corrected chi connectivity index (χ1v) is 8.54. The van der Waals surface area contributed by atoms with E-state index in [2.05, 4.69) is 33.3 Å². The minimum Gasteiger partial charge on any atom is -0.487 e. The van der Waals surface area contributed by atoms with E-state index >= 15 is 0 Å². The molecule has 0 saturated carbocycles. The quantitative estimate of drug-likeness (QED) is 0.773. The molecule has 2 atom stereocenters. The summed E-state index contributed by atoms with van der Waals surface area (Å²) in [4.78, 5) is 12.7. The molecule has 2 unspecified atom stereocenters. The summed E-state index contributed by atoms with van der Waals surface area (Å²) in [6.07, 6.45) is 4.12. The topological polar surface area (TPSA) is 62.8 Å². The van der Waals surface area contributed by atoms with E-state index < -0.39 is 0 Å². The molecule has 124 valence electrons. The van der Waals surface area contributed by atoms with E-state index in [9.17, 15) is 0 Å². The lowest BCUT2D eigenvalue weighted by molar-refractivity contribution is 0.302. The van der Waals surface area contributed by atoms with Crippen LogP contribution in [0.1, 0.15) is 37.2 Å². The fourth-order valence-corrected chi connectivity index (χ4v) is 3.32. The second kappa shape index (κ2) is 6.61. The molecule has 0 spiro atoms. The van der Waals surface area contributed by atoms with Crippen LogP contribution in [0.5, 0.6) is 5.75 Å². The van der Waals surface area contributed by atoms with Crippen LogP contribution in [0.2, 0.25) is 0 Å². The zero-order valence-electron chi connectivity index (χ0n) is 13.8. The van der Waals surface area contributed by atoms with Gasteiger partial charge < -0.3 is 15.0 Å². The molecule has 5 heteroatoms. The lowest BCUT2D eigenvalue weighted by Gasteiger charge is -2.27. The number of nitrogens with one attached hydrogen (secondary N) is 2. The smallest absolute Gasteiger partial charge is 0.130 e. The number of piperidine rings is 1. The van der Waals surface area contributed by atoms with Gasteiger partial charge in [0.15, 0.2) is 0 Å². The largest absolute Gasteiger partial charge is 0.487 e. The SMILES string of the molecule is CC1CC(c2ncc3nc(COc4ccccc4)cc-3[nH]2)CCN1. The summed E-state index contributed by atoms with van der Waals surface area (Å²) in [5, 5.41) is 3.48. The van der Waals surface area contributed by atoms with Crippen molar-refractivity contribution in [2.24, 2.45) is 0 Å². The van der Waals surface area contributed by atoms with Gasteiger partial charge in [-0.3, -0.25) is 0 Å². The van der Waals surface area contributed by atoms with Crippen LogP contribution in [0.15, 0.2) is 42.6 Å². The maximum Gasteiger partial charge on any atom is 0.130 e. The first-order valence-electron chi connectivity index (χ1n) is 8.54. The maximum absolute atomic E-state index is 5.78. The standard InChI is InChI=1S/C19H22N4O/c1-13-9-14(7-8-20-13)19-21-11-18-17(23-19)10-15(22-18)12-24-16-5-3-2-4-6-16/h2-6,10-11,13-14,20H,7-9,12H2,1H3,(H,21,23). The highest BCUT2D eigenvalue weighted by atomic mass is 16.5. The van der Waals surface area contributed by atoms with Crippen LogP contribution in [-0.4, -0.2) is 27.5 Å². The number of ether oxygens (including phenoxy) is 1. The van der Waals surface area contributed by atoms with Gasteiger partial charge in [0.05, 0.1) is 17.6 Å². The van der Waals surface area contributed by atoms with E-state index in [1.807, 2.05) is 36.5 Å². The van der Waals surface area contributed by atoms with Gasteiger partial charge in [-0.25, -0.2) is 9.97 Å². The van der Waals surface area contributed by atoms with Crippen LogP contribution in [0.4, 0.5) is 0 Å². The van der Waals surface area contributed by atoms with Crippen molar-refractivity contribution in [3.8, 4) is 17.1 Å². The van der Waals surface area contributed by atoms with Crippen molar-refractivity contribution in [3.63, 3.8) is 0 Å². The Balaban J connectivity index is 1.50. The van der Waals surface area contributed by atoms with Crippen LogP contribution in [0.25, 0.3) is 11.4 Å². The van der Waals surface area contributed by atoms with Crippen LogP contribution < -0.4 is 10.1 Å². The first-order chi connectivity index (χ1) is 11.8. The van der Waals surface area contributed by atoms with Crippen molar-refractivity contribution in [2.45, 2.75) is 38.3 Å². The lowest BCUT2D eigenvalue weighted by atomic mass is 9.92. The highest BCUT2D eigenvalue weighted by Crippen LogP contribution is 2.28. The third-order valence-electron chi connectivity index (χ3n) is 4.58. The summed E-state index contributed by atoms with van der Waals surface area (Å²) >= 11 is 0. The highest BCUT2D eigenvalue weighted by molar-refractivity contribution is 5.56. The van der Waals surface area contributed by atoms with Crippen LogP contribution in [0.3, 0.4) is 0 Å². The highest BCUT2D eigenvalue weighted by Gasteiger charge is 2.22. The van der Waals surface area contributed by atoms with Gasteiger partial charge in [-0.2, -0.15) is 0 Å². The molecule has 0 bridgehead atoms. The normalized spacial score (nSPS) is 21.0. The Kier molecular flexibility index (Phi) is 4.17. The average Bonchev–Trinajstić information content (AvgIpc) is 3.03. The molecule has 1 aromatic carbocycles. The molecule has 5 nitrogen and oxygen atoms in total. The van der Waals surface area contributed by atoms with Gasteiger partial charge in [0.1, 0.15) is 23.9 Å². The Hall–Kier alpha value is -2.40. The molecule has 3 aliphatic heterocycles. The van der Waals surface area contributed by atoms with E-state index in [1.54, 1.807) is 0 Å². The van der Waals surface area contributed by atoms with Crippen molar-refractivity contribution >= 4 is 0 Å². The Labute approximate surface area is 141 Å². The zero-order valence-corrected chi connectivity index (χ0v) is 13.8. The molecule has 4 rings (SSSR count). The van der Waals surface area contributed by atoms with Gasteiger partial charge in [-0.15, -0.1) is 0 Å². The second-order valence-corrected chi connectivity index (χ2v) is 6.49. The maximum atomic E-state index is 5.78. The van der Waals surface area contributed by atoms with Gasteiger partial charge in [0, 0.05) is 12.0 Å². The molecule has 1 aromatic rings. The summed E-state index contributed by atoms with van der Waals surface area (Å²) in [5.41, 5.74) is 2.85. The van der Waals surface area contributed by atoms with E-state index in [1.165, 1.54) is 0 Å². The van der Waals surface area contributed by atoms with Gasteiger partial charge in [-0.1, -0.05) is 18.2 Å². The molecular formula is C19H22N4O. The van der Waals surface area contributed by atoms with Crippen LogP contribution in [0, 0.1) is 0 Å². The fourth-order valence-electron chi connectivity index (χ4n) is 3.32. The second-order valence-electron chi connectivity index (χ2n) is 6.49. The van der Waals surface area contributed by atoms with E-state index in [4.69, 9.17) is 4.74 Å². The number of nitrogens with zero attached hydrogens (tertiary/aromatic N) is 2. The minimum absolute atomic E-state index is 0.465. The Morgan fingerprint density at radius 1 is 1.25 bits per heavy atom. The third-order valence-corrected chi connectivity index (χ3v) is 4.58. The summed E-state index contributed by atoms with van der Waals surface area (Å²) < 4.78 is 5.78. The molecule has 1 fully saturated rings. The van der Waals surface area contributed by atoms with Crippen molar-refractivity contribution in [1.82, 2.24) is 20.3 Å². The number of para-hydroxylation sites is 1. The molecule has 24 heavy (non-hydrogen) atoms. The molecule has 3 aliphatic rings. The van der Waals surface area contributed by atoms with Gasteiger partial charge in [-0.05, 0) is 44.5 Å². The summed E-state index contributed by atoms with van der Waals surface area (Å²) in [6.45, 7) is 3.74. The molecule has 0 aliphatic carbocycles. The number of hydrogen-bond acceptors (Lipinski definition) is 4. The number of H-pyrrole nitrogens is 1. The predicted octanol–water partition coefficient (Wildman–Crippen LogP) is 3.34. The monoisotopic (exact) mass is 322 g/mol. The summed E-state index contributed by atoms with van der Waals surface area (Å²) in [7, 11) is 0. The number of rotatable bonds is 4. The third kappa shape index (κ3) is 3.26.